The van der Waals surface area contributed by atoms with Gasteiger partial charge in [0.1, 0.15) is 5.75 Å². The van der Waals surface area contributed by atoms with Crippen molar-refractivity contribution in [2.45, 2.75) is 0 Å². The summed E-state index contributed by atoms with van der Waals surface area (Å²) in [5.74, 6) is -2.54. The van der Waals surface area contributed by atoms with Crippen molar-refractivity contribution in [1.82, 2.24) is 5.43 Å². The van der Waals surface area contributed by atoms with Crippen molar-refractivity contribution < 1.29 is 19.5 Å². The zero-order valence-corrected chi connectivity index (χ0v) is 19.5. The van der Waals surface area contributed by atoms with Crippen LogP contribution in [0.5, 0.6) is 5.75 Å². The standard InChI is InChI=1S/C22H16Br2N4O4/c23-14-5-8-16(9-6-14)26-20(30)17-3-1-2-4-18(17)27-21(31)22(32)28-25-12-13-11-15(24)7-10-19(13)29/h1-12,29H,(H,26,30)(H,27,31)(H,28,32)/b25-12+. The Morgan fingerprint density at radius 2 is 1.53 bits per heavy atom. The summed E-state index contributed by atoms with van der Waals surface area (Å²) in [6.45, 7) is 0. The van der Waals surface area contributed by atoms with E-state index in [4.69, 9.17) is 0 Å². The van der Waals surface area contributed by atoms with Crippen molar-refractivity contribution in [2.75, 3.05) is 10.6 Å². The van der Waals surface area contributed by atoms with Gasteiger partial charge in [0.15, 0.2) is 0 Å². The van der Waals surface area contributed by atoms with Crippen LogP contribution < -0.4 is 16.1 Å². The fraction of sp³-hybridized carbons (Fsp3) is 0. The smallest absolute Gasteiger partial charge is 0.329 e. The number of anilines is 2. The van der Waals surface area contributed by atoms with E-state index in [1.165, 1.54) is 24.4 Å². The summed E-state index contributed by atoms with van der Waals surface area (Å²) in [7, 11) is 0. The van der Waals surface area contributed by atoms with E-state index >= 15 is 0 Å². The predicted molar refractivity (Wildman–Crippen MR) is 129 cm³/mol. The number of carbonyl (C=O) groups is 3. The van der Waals surface area contributed by atoms with Crippen molar-refractivity contribution in [2.24, 2.45) is 5.10 Å². The third-order valence-corrected chi connectivity index (χ3v) is 5.11. The summed E-state index contributed by atoms with van der Waals surface area (Å²) in [4.78, 5) is 37.0. The fourth-order valence-corrected chi connectivity index (χ4v) is 3.18. The molecule has 3 aromatic rings. The normalized spacial score (nSPS) is 10.6. The van der Waals surface area contributed by atoms with Gasteiger partial charge in [0, 0.05) is 20.2 Å². The Hall–Kier alpha value is -3.50. The van der Waals surface area contributed by atoms with Gasteiger partial charge in [-0.05, 0) is 54.6 Å². The van der Waals surface area contributed by atoms with Gasteiger partial charge in [-0.3, -0.25) is 14.4 Å². The van der Waals surface area contributed by atoms with Gasteiger partial charge in [-0.2, -0.15) is 5.10 Å². The van der Waals surface area contributed by atoms with E-state index in [1.807, 2.05) is 0 Å². The minimum Gasteiger partial charge on any atom is -0.507 e. The quantitative estimate of drug-likeness (QED) is 0.212. The van der Waals surface area contributed by atoms with Gasteiger partial charge in [0.05, 0.1) is 17.5 Å². The maximum Gasteiger partial charge on any atom is 0.329 e. The number of nitrogens with zero attached hydrogens (tertiary/aromatic N) is 1. The second kappa shape index (κ2) is 10.7. The van der Waals surface area contributed by atoms with Gasteiger partial charge in [-0.15, -0.1) is 0 Å². The number of carbonyl (C=O) groups excluding carboxylic acids is 3. The van der Waals surface area contributed by atoms with Crippen molar-refractivity contribution in [3.8, 4) is 5.75 Å². The Bertz CT molecular complexity index is 1200. The first kappa shape index (κ1) is 23.2. The van der Waals surface area contributed by atoms with E-state index in [2.05, 4.69) is 53.0 Å². The molecule has 0 fully saturated rings. The summed E-state index contributed by atoms with van der Waals surface area (Å²) in [5, 5.41) is 18.6. The highest BCUT2D eigenvalue weighted by atomic mass is 79.9. The van der Waals surface area contributed by atoms with Gasteiger partial charge in [-0.1, -0.05) is 44.0 Å². The van der Waals surface area contributed by atoms with E-state index in [9.17, 15) is 19.5 Å². The number of benzene rings is 3. The van der Waals surface area contributed by atoms with Crippen LogP contribution in [0.4, 0.5) is 11.4 Å². The van der Waals surface area contributed by atoms with Crippen LogP contribution in [-0.4, -0.2) is 29.0 Å². The first-order chi connectivity index (χ1) is 15.3. The van der Waals surface area contributed by atoms with Gasteiger partial charge in [0.25, 0.3) is 5.91 Å². The Morgan fingerprint density at radius 3 is 2.28 bits per heavy atom. The average molecular weight is 560 g/mol. The van der Waals surface area contributed by atoms with Crippen molar-refractivity contribution >= 4 is 67.2 Å². The molecule has 162 valence electrons. The Kier molecular flexibility index (Phi) is 7.74. The number of halogens is 2. The Balaban J connectivity index is 1.65. The van der Waals surface area contributed by atoms with Gasteiger partial charge in [0.2, 0.25) is 0 Å². The Morgan fingerprint density at radius 1 is 0.844 bits per heavy atom. The van der Waals surface area contributed by atoms with Gasteiger partial charge >= 0.3 is 11.8 Å². The number of aromatic hydroxyl groups is 1. The molecule has 4 N–H and O–H groups in total. The van der Waals surface area contributed by atoms with E-state index in [0.717, 1.165) is 4.47 Å². The first-order valence-corrected chi connectivity index (χ1v) is 10.7. The maximum absolute atomic E-state index is 12.6. The van der Waals surface area contributed by atoms with Crippen LogP contribution in [0.1, 0.15) is 15.9 Å². The molecule has 0 radical (unpaired) electrons. The number of phenols is 1. The topological polar surface area (TPSA) is 120 Å². The molecule has 3 rings (SSSR count). The molecule has 32 heavy (non-hydrogen) atoms. The molecule has 0 aromatic heterocycles. The number of amides is 3. The molecule has 0 unspecified atom stereocenters. The first-order valence-electron chi connectivity index (χ1n) is 9.12. The summed E-state index contributed by atoms with van der Waals surface area (Å²) in [6, 6.07) is 18.0. The van der Waals surface area contributed by atoms with E-state index < -0.39 is 17.7 Å². The summed E-state index contributed by atoms with van der Waals surface area (Å²) < 4.78 is 1.57. The van der Waals surface area contributed by atoms with Gasteiger partial charge in [-0.25, -0.2) is 5.43 Å². The van der Waals surface area contributed by atoms with Crippen molar-refractivity contribution in [3.63, 3.8) is 0 Å². The summed E-state index contributed by atoms with van der Waals surface area (Å²) in [6.07, 6.45) is 1.20. The highest BCUT2D eigenvalue weighted by Gasteiger charge is 2.17. The number of hydrogen-bond donors (Lipinski definition) is 4. The number of nitrogens with one attached hydrogen (secondary N) is 3. The molecule has 10 heteroatoms. The summed E-state index contributed by atoms with van der Waals surface area (Å²) >= 11 is 6.58. The number of hydrogen-bond acceptors (Lipinski definition) is 5. The lowest BCUT2D eigenvalue weighted by Gasteiger charge is -2.11. The molecule has 0 aliphatic rings. The third-order valence-electron chi connectivity index (χ3n) is 4.09. The molecule has 0 heterocycles. The lowest BCUT2D eigenvalue weighted by Crippen LogP contribution is -2.33. The van der Waals surface area contributed by atoms with Crippen LogP contribution in [0.2, 0.25) is 0 Å². The van der Waals surface area contributed by atoms with Crippen LogP contribution in [0.15, 0.2) is 80.8 Å². The zero-order chi connectivity index (χ0) is 23.1. The third kappa shape index (κ3) is 6.25. The maximum atomic E-state index is 12.6. The van der Waals surface area contributed by atoms with Crippen LogP contribution in [0, 0.1) is 0 Å². The molecule has 0 saturated heterocycles. The van der Waals surface area contributed by atoms with Crippen LogP contribution in [0.3, 0.4) is 0 Å². The lowest BCUT2D eigenvalue weighted by molar-refractivity contribution is -0.136. The molecule has 0 bridgehead atoms. The molecule has 0 aliphatic heterocycles. The number of rotatable bonds is 5. The van der Waals surface area contributed by atoms with Crippen LogP contribution >= 0.6 is 31.9 Å². The Labute approximate surface area is 200 Å². The molecule has 3 aromatic carbocycles. The lowest BCUT2D eigenvalue weighted by atomic mass is 10.1. The van der Waals surface area contributed by atoms with Gasteiger partial charge < -0.3 is 15.7 Å². The summed E-state index contributed by atoms with van der Waals surface area (Å²) in [5.41, 5.74) is 3.34. The minimum absolute atomic E-state index is 0.0404. The highest BCUT2D eigenvalue weighted by molar-refractivity contribution is 9.10. The average Bonchev–Trinajstić information content (AvgIpc) is 2.78. The number of hydrazone groups is 1. The molecular formula is C22H16Br2N4O4. The molecule has 0 atom stereocenters. The number of para-hydroxylation sites is 1. The van der Waals surface area contributed by atoms with Crippen LogP contribution in [-0.2, 0) is 9.59 Å². The predicted octanol–water partition coefficient (Wildman–Crippen LogP) is 4.26. The van der Waals surface area contributed by atoms with E-state index in [-0.39, 0.29) is 17.0 Å². The SMILES string of the molecule is O=C(N/N=C/c1cc(Br)ccc1O)C(=O)Nc1ccccc1C(=O)Nc1ccc(Br)cc1. The minimum atomic E-state index is -1.04. The molecular weight excluding hydrogens is 544 g/mol. The van der Waals surface area contributed by atoms with E-state index in [1.54, 1.807) is 48.5 Å². The molecule has 0 aliphatic carbocycles. The van der Waals surface area contributed by atoms with Crippen LogP contribution in [0.25, 0.3) is 0 Å². The monoisotopic (exact) mass is 558 g/mol. The molecule has 0 saturated carbocycles. The number of phenolic OH excluding ortho intramolecular Hbond substituents is 1. The van der Waals surface area contributed by atoms with E-state index in [0.29, 0.717) is 15.7 Å². The molecule has 8 nitrogen and oxygen atoms in total. The molecule has 3 amide bonds. The zero-order valence-electron chi connectivity index (χ0n) is 16.3. The second-order valence-corrected chi connectivity index (χ2v) is 8.19. The largest absolute Gasteiger partial charge is 0.507 e. The van der Waals surface area contributed by atoms with Crippen molar-refractivity contribution in [1.29, 1.82) is 0 Å². The van der Waals surface area contributed by atoms with Crippen molar-refractivity contribution in [3.05, 3.63) is 86.8 Å². The highest BCUT2D eigenvalue weighted by Crippen LogP contribution is 2.20. The fourth-order valence-electron chi connectivity index (χ4n) is 2.54. The second-order valence-electron chi connectivity index (χ2n) is 6.36. The molecule has 0 spiro atoms.